The van der Waals surface area contributed by atoms with Crippen LogP contribution in [0.5, 0.6) is 11.5 Å². The van der Waals surface area contributed by atoms with Crippen molar-refractivity contribution in [2.45, 2.75) is 0 Å². The largest absolute Gasteiger partial charge is 0.496 e. The zero-order valence-electron chi connectivity index (χ0n) is 15.4. The number of carbonyl (C=O) groups is 1. The van der Waals surface area contributed by atoms with Crippen LogP contribution < -0.4 is 20.1 Å². The molecule has 28 heavy (non-hydrogen) atoms. The molecule has 0 saturated carbocycles. The first kappa shape index (κ1) is 18.7. The van der Waals surface area contributed by atoms with Crippen LogP contribution in [0.2, 0.25) is 0 Å². The number of rotatable bonds is 6. The normalized spacial score (nSPS) is 9.89. The molecular weight excluding hydrogens is 356 g/mol. The van der Waals surface area contributed by atoms with Crippen molar-refractivity contribution in [2.75, 3.05) is 24.9 Å². The maximum atomic E-state index is 12.7. The molecule has 0 radical (unpaired) electrons. The van der Waals surface area contributed by atoms with Gasteiger partial charge in [-0.25, -0.2) is 4.98 Å². The highest BCUT2D eigenvalue weighted by atomic mass is 16.5. The van der Waals surface area contributed by atoms with Gasteiger partial charge in [-0.1, -0.05) is 18.2 Å². The van der Waals surface area contributed by atoms with Crippen LogP contribution in [0.3, 0.4) is 0 Å². The summed E-state index contributed by atoms with van der Waals surface area (Å²) in [6.07, 6.45) is 1.52. The van der Waals surface area contributed by atoms with Gasteiger partial charge in [0.05, 0.1) is 37.4 Å². The highest BCUT2D eigenvalue weighted by molar-refractivity contribution is 6.08. The molecule has 0 spiro atoms. The predicted octanol–water partition coefficient (Wildman–Crippen LogP) is 3.97. The highest BCUT2D eigenvalue weighted by Crippen LogP contribution is 2.29. The number of aromatic nitrogens is 1. The number of nitrogens with zero attached hydrogens (tertiary/aromatic N) is 2. The first-order chi connectivity index (χ1) is 13.7. The first-order valence-electron chi connectivity index (χ1n) is 8.41. The molecule has 3 rings (SSSR count). The molecule has 0 unspecified atom stereocenters. The van der Waals surface area contributed by atoms with E-state index in [2.05, 4.69) is 21.7 Å². The summed E-state index contributed by atoms with van der Waals surface area (Å²) < 4.78 is 10.5. The van der Waals surface area contributed by atoms with Gasteiger partial charge < -0.3 is 20.1 Å². The van der Waals surface area contributed by atoms with Gasteiger partial charge in [-0.15, -0.1) is 0 Å². The molecule has 0 saturated heterocycles. The topological polar surface area (TPSA) is 96.3 Å². The van der Waals surface area contributed by atoms with E-state index in [0.29, 0.717) is 39.8 Å². The first-order valence-corrected chi connectivity index (χ1v) is 8.41. The molecule has 0 aliphatic carbocycles. The summed E-state index contributed by atoms with van der Waals surface area (Å²) >= 11 is 0. The molecule has 3 aromatic rings. The molecule has 7 nitrogen and oxygen atoms in total. The van der Waals surface area contributed by atoms with Crippen LogP contribution in [0.4, 0.5) is 17.2 Å². The van der Waals surface area contributed by atoms with Crippen molar-refractivity contribution in [3.63, 3.8) is 0 Å². The van der Waals surface area contributed by atoms with Crippen LogP contribution in [0, 0.1) is 11.3 Å². The quantitative estimate of drug-likeness (QED) is 0.678. The number of hydrogen-bond donors (Lipinski definition) is 2. The van der Waals surface area contributed by atoms with Gasteiger partial charge in [0.2, 0.25) is 0 Å². The van der Waals surface area contributed by atoms with Crippen molar-refractivity contribution in [1.82, 2.24) is 4.98 Å². The van der Waals surface area contributed by atoms with E-state index in [1.165, 1.54) is 20.4 Å². The van der Waals surface area contributed by atoms with Crippen LogP contribution >= 0.6 is 0 Å². The zero-order valence-corrected chi connectivity index (χ0v) is 15.4. The third-order valence-electron chi connectivity index (χ3n) is 3.99. The van der Waals surface area contributed by atoms with Crippen molar-refractivity contribution in [2.24, 2.45) is 0 Å². The van der Waals surface area contributed by atoms with Gasteiger partial charge >= 0.3 is 0 Å². The van der Waals surface area contributed by atoms with Gasteiger partial charge in [0.15, 0.2) is 0 Å². The molecule has 0 bridgehead atoms. The molecule has 1 amide bonds. The minimum atomic E-state index is -0.369. The zero-order chi connectivity index (χ0) is 19.9. The van der Waals surface area contributed by atoms with Gasteiger partial charge in [-0.2, -0.15) is 5.26 Å². The smallest absolute Gasteiger partial charge is 0.263 e. The summed E-state index contributed by atoms with van der Waals surface area (Å²) in [7, 11) is 2.99. The van der Waals surface area contributed by atoms with E-state index in [1.54, 1.807) is 48.5 Å². The molecule has 0 aliphatic rings. The average molecular weight is 374 g/mol. The number of hydrogen-bond acceptors (Lipinski definition) is 6. The Kier molecular flexibility index (Phi) is 5.72. The van der Waals surface area contributed by atoms with Crippen LogP contribution in [-0.4, -0.2) is 25.1 Å². The van der Waals surface area contributed by atoms with Gasteiger partial charge in [0.25, 0.3) is 5.91 Å². The lowest BCUT2D eigenvalue weighted by Crippen LogP contribution is -2.14. The number of carbonyl (C=O) groups excluding carboxylic acids is 1. The van der Waals surface area contributed by atoms with Crippen molar-refractivity contribution < 1.29 is 14.3 Å². The molecule has 2 aromatic carbocycles. The summed E-state index contributed by atoms with van der Waals surface area (Å²) in [5, 5.41) is 15.0. The van der Waals surface area contributed by atoms with Gasteiger partial charge in [0.1, 0.15) is 28.9 Å². The van der Waals surface area contributed by atoms with Crippen LogP contribution in [0.15, 0.2) is 60.8 Å². The van der Waals surface area contributed by atoms with Crippen molar-refractivity contribution >= 4 is 23.1 Å². The lowest BCUT2D eigenvalue weighted by atomic mass is 10.1. The van der Waals surface area contributed by atoms with E-state index < -0.39 is 0 Å². The monoisotopic (exact) mass is 374 g/mol. The Morgan fingerprint density at radius 1 is 1.00 bits per heavy atom. The number of anilines is 3. The number of pyridine rings is 1. The number of amides is 1. The summed E-state index contributed by atoms with van der Waals surface area (Å²) in [6.45, 7) is 0. The molecule has 0 aliphatic heterocycles. The fraction of sp³-hybridized carbons (Fsp3) is 0.0952. The van der Waals surface area contributed by atoms with E-state index in [4.69, 9.17) is 14.7 Å². The van der Waals surface area contributed by atoms with Gasteiger partial charge in [-0.3, -0.25) is 4.79 Å². The summed E-state index contributed by atoms with van der Waals surface area (Å²) in [6, 6.07) is 17.8. The third-order valence-corrected chi connectivity index (χ3v) is 3.99. The third kappa shape index (κ3) is 4.02. The fourth-order valence-electron chi connectivity index (χ4n) is 2.64. The molecule has 0 atom stereocenters. The Bertz CT molecular complexity index is 1000. The second kappa shape index (κ2) is 8.56. The van der Waals surface area contributed by atoms with E-state index in [0.717, 1.165) is 0 Å². The number of ether oxygens (including phenoxy) is 2. The summed E-state index contributed by atoms with van der Waals surface area (Å²) in [4.78, 5) is 17.0. The lowest BCUT2D eigenvalue weighted by molar-refractivity contribution is 0.102. The molecular formula is C21H18N4O3. The van der Waals surface area contributed by atoms with Crippen molar-refractivity contribution in [1.29, 1.82) is 5.26 Å². The Labute approximate surface area is 162 Å². The number of methoxy groups -OCH3 is 2. The Morgan fingerprint density at radius 2 is 1.71 bits per heavy atom. The molecule has 140 valence electrons. The average Bonchev–Trinajstić information content (AvgIpc) is 2.74. The Balaban J connectivity index is 1.76. The maximum absolute atomic E-state index is 12.7. The molecule has 1 heterocycles. The number of nitriles is 1. The van der Waals surface area contributed by atoms with E-state index in [-0.39, 0.29) is 5.91 Å². The number of benzene rings is 2. The standard InChI is InChI=1S/C21H18N4O3/c1-27-17-8-5-9-18(28-2)20(17)21(26)24-15-10-11-19(23-13-15)25-16-7-4-3-6-14(16)12-22/h3-11,13H,1-2H3,(H,23,25)(H,24,26). The predicted molar refractivity (Wildman–Crippen MR) is 106 cm³/mol. The maximum Gasteiger partial charge on any atom is 0.263 e. The summed E-state index contributed by atoms with van der Waals surface area (Å²) in [5.74, 6) is 1.01. The van der Waals surface area contributed by atoms with E-state index in [1.807, 2.05) is 6.07 Å². The second-order valence-corrected chi connectivity index (χ2v) is 5.71. The fourth-order valence-corrected chi connectivity index (χ4v) is 2.64. The minimum absolute atomic E-state index is 0.303. The second-order valence-electron chi connectivity index (χ2n) is 5.71. The molecule has 0 fully saturated rings. The van der Waals surface area contributed by atoms with Crippen LogP contribution in [0.1, 0.15) is 15.9 Å². The van der Waals surface area contributed by atoms with Crippen molar-refractivity contribution in [3.8, 4) is 17.6 Å². The van der Waals surface area contributed by atoms with E-state index >= 15 is 0 Å². The molecule has 7 heteroatoms. The Morgan fingerprint density at radius 3 is 2.32 bits per heavy atom. The molecule has 1 aromatic heterocycles. The van der Waals surface area contributed by atoms with Crippen LogP contribution in [0.25, 0.3) is 0 Å². The highest BCUT2D eigenvalue weighted by Gasteiger charge is 2.18. The summed E-state index contributed by atoms with van der Waals surface area (Å²) in [5.41, 5.74) is 1.99. The van der Waals surface area contributed by atoms with Gasteiger partial charge in [-0.05, 0) is 36.4 Å². The van der Waals surface area contributed by atoms with Gasteiger partial charge in [0, 0.05) is 0 Å². The van der Waals surface area contributed by atoms with Crippen molar-refractivity contribution in [3.05, 3.63) is 71.9 Å². The Hall–Kier alpha value is -4.05. The number of para-hydroxylation sites is 1. The minimum Gasteiger partial charge on any atom is -0.496 e. The lowest BCUT2D eigenvalue weighted by Gasteiger charge is -2.13. The number of nitrogens with one attached hydrogen (secondary N) is 2. The molecule has 2 N–H and O–H groups in total. The van der Waals surface area contributed by atoms with E-state index in [9.17, 15) is 4.79 Å². The SMILES string of the molecule is COc1cccc(OC)c1C(=O)Nc1ccc(Nc2ccccc2C#N)nc1. The van der Waals surface area contributed by atoms with Crippen LogP contribution in [-0.2, 0) is 0 Å².